The van der Waals surface area contributed by atoms with Crippen LogP contribution in [0.25, 0.3) is 16.9 Å². The molecule has 4 aromatic rings. The van der Waals surface area contributed by atoms with Crippen molar-refractivity contribution in [1.29, 1.82) is 0 Å². The van der Waals surface area contributed by atoms with Crippen molar-refractivity contribution in [2.24, 2.45) is 0 Å². The van der Waals surface area contributed by atoms with Crippen molar-refractivity contribution in [3.8, 4) is 16.9 Å². The number of nitrogens with one attached hydrogen (secondary N) is 1. The van der Waals surface area contributed by atoms with Gasteiger partial charge in [0.05, 0.1) is 16.9 Å². The van der Waals surface area contributed by atoms with Gasteiger partial charge in [0.25, 0.3) is 5.91 Å². The number of H-pyrrole nitrogens is 1. The van der Waals surface area contributed by atoms with Crippen molar-refractivity contribution < 1.29 is 31.5 Å². The van der Waals surface area contributed by atoms with Crippen LogP contribution < -0.4 is 4.90 Å². The summed E-state index contributed by atoms with van der Waals surface area (Å²) in [7, 11) is 0. The predicted molar refractivity (Wildman–Crippen MR) is 140 cm³/mol. The minimum Gasteiger partial charge on any atom is -0.367 e. The summed E-state index contributed by atoms with van der Waals surface area (Å²) in [5, 5.41) is 4.35. The fourth-order valence-electron chi connectivity index (χ4n) is 5.83. The summed E-state index contributed by atoms with van der Waals surface area (Å²) in [6.45, 7) is 1.01. The second kappa shape index (κ2) is 9.86. The minimum atomic E-state index is -4.91. The number of anilines is 1. The van der Waals surface area contributed by atoms with Gasteiger partial charge < -0.3 is 14.8 Å². The van der Waals surface area contributed by atoms with Gasteiger partial charge in [0, 0.05) is 49.7 Å². The maximum absolute atomic E-state index is 14.0. The Hall–Kier alpha value is -4.48. The van der Waals surface area contributed by atoms with Crippen molar-refractivity contribution in [2.45, 2.75) is 31.0 Å². The van der Waals surface area contributed by atoms with E-state index in [4.69, 9.17) is 0 Å². The van der Waals surface area contributed by atoms with Gasteiger partial charge in [0.1, 0.15) is 17.2 Å². The molecular weight excluding hydrogens is 545 g/mol. The van der Waals surface area contributed by atoms with Gasteiger partial charge >= 0.3 is 6.18 Å². The summed E-state index contributed by atoms with van der Waals surface area (Å²) < 4.78 is 68.9. The van der Waals surface area contributed by atoms with E-state index >= 15 is 0 Å². The number of rotatable bonds is 4. The highest BCUT2D eigenvalue weighted by molar-refractivity contribution is 5.97. The molecule has 0 radical (unpaired) electrons. The number of amides is 1. The van der Waals surface area contributed by atoms with E-state index in [-0.39, 0.29) is 36.1 Å². The van der Waals surface area contributed by atoms with Crippen molar-refractivity contribution in [2.75, 3.05) is 24.5 Å². The highest BCUT2D eigenvalue weighted by Crippen LogP contribution is 2.40. The lowest BCUT2D eigenvalue weighted by Crippen LogP contribution is -2.56. The molecule has 6 rings (SSSR count). The van der Waals surface area contributed by atoms with Crippen molar-refractivity contribution in [3.63, 3.8) is 0 Å². The SMILES string of the molecule is O=C(c1cc(-c2cc[nH]c2)n(-c2ccc(F)c(C(F)(F)F)c2)n1)N1CCC2(CC1)C(=O)CCN2c1ccc(F)cc1. The maximum Gasteiger partial charge on any atom is 0.419 e. The number of aromatic nitrogens is 3. The van der Waals surface area contributed by atoms with Crippen LogP contribution in [0.3, 0.4) is 0 Å². The molecule has 41 heavy (non-hydrogen) atoms. The smallest absolute Gasteiger partial charge is 0.367 e. The molecule has 1 spiro atoms. The van der Waals surface area contributed by atoms with E-state index < -0.39 is 29.0 Å². The van der Waals surface area contributed by atoms with Gasteiger partial charge in [0.15, 0.2) is 11.5 Å². The van der Waals surface area contributed by atoms with Gasteiger partial charge in [-0.1, -0.05) is 0 Å². The summed E-state index contributed by atoms with van der Waals surface area (Å²) in [4.78, 5) is 33.1. The summed E-state index contributed by atoms with van der Waals surface area (Å²) in [5.41, 5.74) is -0.640. The standard InChI is InChI=1S/C29H24F5N5O2/c30-19-1-3-20(4-2-19)38-12-8-26(40)28(38)9-13-37(14-10-28)27(41)24-16-25(18-7-11-35-17-18)39(36-24)21-5-6-23(31)22(15-21)29(32,33)34/h1-7,11,15-17,35H,8-10,12-14H2. The monoisotopic (exact) mass is 569 g/mol. The molecule has 0 aliphatic carbocycles. The number of hydrogen-bond donors (Lipinski definition) is 1. The molecule has 1 N–H and O–H groups in total. The number of alkyl halides is 3. The fourth-order valence-corrected chi connectivity index (χ4v) is 5.83. The number of Topliss-reactive ketones (excluding diaryl/α,β-unsaturated/α-hetero) is 1. The number of piperidine rings is 1. The van der Waals surface area contributed by atoms with Crippen LogP contribution in [0.4, 0.5) is 27.6 Å². The summed E-state index contributed by atoms with van der Waals surface area (Å²) in [6, 6.07) is 11.7. The molecule has 0 bridgehead atoms. The van der Waals surface area contributed by atoms with E-state index in [1.165, 1.54) is 28.9 Å². The Balaban J connectivity index is 1.28. The molecule has 7 nitrogen and oxygen atoms in total. The third-order valence-electron chi connectivity index (χ3n) is 7.94. The van der Waals surface area contributed by atoms with E-state index in [9.17, 15) is 31.5 Å². The quantitative estimate of drug-likeness (QED) is 0.324. The molecule has 2 saturated heterocycles. The number of carbonyl (C=O) groups is 2. The Kier molecular flexibility index (Phi) is 6.43. The topological polar surface area (TPSA) is 74.2 Å². The first kappa shape index (κ1) is 26.7. The second-order valence-electron chi connectivity index (χ2n) is 10.2. The lowest BCUT2D eigenvalue weighted by Gasteiger charge is -2.44. The molecule has 2 aromatic carbocycles. The number of hydrogen-bond acceptors (Lipinski definition) is 4. The van der Waals surface area contributed by atoms with Crippen LogP contribution in [-0.2, 0) is 11.0 Å². The number of nitrogens with zero attached hydrogens (tertiary/aromatic N) is 4. The van der Waals surface area contributed by atoms with E-state index in [0.717, 1.165) is 11.8 Å². The first-order valence-corrected chi connectivity index (χ1v) is 13.0. The molecule has 2 fully saturated rings. The average Bonchev–Trinajstić information content (AvgIpc) is 3.70. The Bertz CT molecular complexity index is 1600. The fraction of sp³-hybridized carbons (Fsp3) is 0.276. The van der Waals surface area contributed by atoms with Crippen LogP contribution >= 0.6 is 0 Å². The van der Waals surface area contributed by atoms with E-state index in [1.54, 1.807) is 35.5 Å². The zero-order chi connectivity index (χ0) is 28.9. The second-order valence-corrected chi connectivity index (χ2v) is 10.2. The molecule has 2 aliphatic heterocycles. The van der Waals surface area contributed by atoms with Gasteiger partial charge in [-0.15, -0.1) is 0 Å². The molecule has 0 atom stereocenters. The van der Waals surface area contributed by atoms with Gasteiger partial charge in [-0.2, -0.15) is 18.3 Å². The highest BCUT2D eigenvalue weighted by atomic mass is 19.4. The van der Waals surface area contributed by atoms with Crippen LogP contribution in [-0.4, -0.2) is 56.5 Å². The third-order valence-corrected chi connectivity index (χ3v) is 7.94. The van der Waals surface area contributed by atoms with Gasteiger partial charge in [-0.25, -0.2) is 13.5 Å². The lowest BCUT2D eigenvalue weighted by atomic mass is 9.83. The predicted octanol–water partition coefficient (Wildman–Crippen LogP) is 5.62. The van der Waals surface area contributed by atoms with Crippen LogP contribution in [0.5, 0.6) is 0 Å². The number of halogens is 5. The van der Waals surface area contributed by atoms with Gasteiger partial charge in [-0.05, 0) is 67.4 Å². The summed E-state index contributed by atoms with van der Waals surface area (Å²) >= 11 is 0. The summed E-state index contributed by atoms with van der Waals surface area (Å²) in [5.74, 6) is -2.15. The first-order valence-electron chi connectivity index (χ1n) is 13.0. The van der Waals surface area contributed by atoms with E-state index in [2.05, 4.69) is 10.1 Å². The van der Waals surface area contributed by atoms with Crippen LogP contribution in [0.1, 0.15) is 35.3 Å². The maximum atomic E-state index is 14.0. The molecule has 2 aliphatic rings. The first-order chi connectivity index (χ1) is 19.6. The molecule has 0 saturated carbocycles. The molecule has 2 aromatic heterocycles. The highest BCUT2D eigenvalue weighted by Gasteiger charge is 2.50. The van der Waals surface area contributed by atoms with Gasteiger partial charge in [0.2, 0.25) is 0 Å². The molecule has 212 valence electrons. The lowest BCUT2D eigenvalue weighted by molar-refractivity contribution is -0.140. The summed E-state index contributed by atoms with van der Waals surface area (Å²) in [6.07, 6.45) is -0.594. The average molecular weight is 570 g/mol. The van der Waals surface area contributed by atoms with Crippen LogP contribution in [0.2, 0.25) is 0 Å². The Morgan fingerprint density at radius 3 is 2.29 bits per heavy atom. The molecule has 12 heteroatoms. The Labute approximate surface area is 231 Å². The largest absolute Gasteiger partial charge is 0.419 e. The normalized spacial score (nSPS) is 17.0. The van der Waals surface area contributed by atoms with Crippen molar-refractivity contribution in [3.05, 3.63) is 89.9 Å². The van der Waals surface area contributed by atoms with E-state index in [0.29, 0.717) is 43.1 Å². The van der Waals surface area contributed by atoms with Gasteiger partial charge in [-0.3, -0.25) is 9.59 Å². The van der Waals surface area contributed by atoms with Crippen LogP contribution in [0, 0.1) is 11.6 Å². The third kappa shape index (κ3) is 4.66. The van der Waals surface area contributed by atoms with E-state index in [1.807, 2.05) is 4.90 Å². The number of benzene rings is 2. The Morgan fingerprint density at radius 1 is 0.927 bits per heavy atom. The number of aromatic amines is 1. The minimum absolute atomic E-state index is 0.00294. The number of likely N-dealkylation sites (tertiary alicyclic amines) is 1. The molecule has 1 amide bonds. The van der Waals surface area contributed by atoms with Crippen molar-refractivity contribution >= 4 is 17.4 Å². The molecule has 4 heterocycles. The number of ketones is 1. The zero-order valence-electron chi connectivity index (χ0n) is 21.6. The molecular formula is C29H24F5N5O2. The number of carbonyl (C=O) groups excluding carboxylic acids is 2. The Morgan fingerprint density at radius 2 is 1.63 bits per heavy atom. The van der Waals surface area contributed by atoms with Crippen molar-refractivity contribution in [1.82, 2.24) is 19.7 Å². The molecule has 0 unspecified atom stereocenters. The van der Waals surface area contributed by atoms with Crippen LogP contribution in [0.15, 0.2) is 67.0 Å². The zero-order valence-corrected chi connectivity index (χ0v) is 21.6.